The fraction of sp³-hybridized carbons (Fsp3) is 0.125. The van der Waals surface area contributed by atoms with Crippen LogP contribution in [-0.4, -0.2) is 5.91 Å². The molecule has 0 bridgehead atoms. The van der Waals surface area contributed by atoms with Crippen LogP contribution in [0.4, 0.5) is 0 Å². The Morgan fingerprint density at radius 2 is 1.92 bits per heavy atom. The number of carbonyl (C=O) groups excluding carboxylic acids is 1. The van der Waals surface area contributed by atoms with Gasteiger partial charge in [0, 0.05) is 4.90 Å². The number of hydrogen-bond donors (Lipinski definition) is 1. The van der Waals surface area contributed by atoms with Gasteiger partial charge in [0.2, 0.25) is 5.91 Å². The summed E-state index contributed by atoms with van der Waals surface area (Å²) in [5.41, 5.74) is 1.13. The first kappa shape index (κ1) is 12.6. The molecule has 1 aromatic rings. The van der Waals surface area contributed by atoms with E-state index in [0.29, 0.717) is 6.42 Å². The van der Waals surface area contributed by atoms with Gasteiger partial charge in [0.15, 0.2) is 0 Å². The molecule has 2 rings (SSSR count). The molecule has 0 aliphatic carbocycles. The van der Waals surface area contributed by atoms with Crippen LogP contribution in [0.15, 0.2) is 29.2 Å². The lowest BCUT2D eigenvalue weighted by atomic mass is 10.1. The maximum Gasteiger partial charge on any atom is 0.234 e. The van der Waals surface area contributed by atoms with E-state index in [-0.39, 0.29) is 30.7 Å². The van der Waals surface area contributed by atoms with Gasteiger partial charge in [-0.25, -0.2) is 0 Å². The van der Waals surface area contributed by atoms with Crippen LogP contribution in [0.25, 0.3) is 0 Å². The van der Waals surface area contributed by atoms with E-state index in [2.05, 4.69) is 4.72 Å². The number of halogens is 2. The van der Waals surface area contributed by atoms with Crippen molar-refractivity contribution in [3.05, 3.63) is 29.8 Å². The Morgan fingerprint density at radius 1 is 1.23 bits per heavy atom. The van der Waals surface area contributed by atoms with E-state index >= 15 is 0 Å². The van der Waals surface area contributed by atoms with Gasteiger partial charge in [-0.3, -0.25) is 9.52 Å². The minimum atomic E-state index is 0. The molecule has 0 radical (unpaired) electrons. The summed E-state index contributed by atoms with van der Waals surface area (Å²) >= 11 is 1.40. The van der Waals surface area contributed by atoms with E-state index in [0.717, 1.165) is 10.5 Å². The summed E-state index contributed by atoms with van der Waals surface area (Å²) in [6.07, 6.45) is 0.517. The number of amides is 1. The number of rotatable bonds is 0. The standard InChI is InChI=1S/C8H7NOS.2ClH/c10-8-5-6-3-1-2-4-7(6)11-9-8;;/h1-4H,5H2,(H,9,10);2*1H. The largest absolute Gasteiger partial charge is 0.296 e. The summed E-state index contributed by atoms with van der Waals surface area (Å²) in [6.45, 7) is 0. The Balaban J connectivity index is 0.000000720. The van der Waals surface area contributed by atoms with E-state index in [4.69, 9.17) is 0 Å². The van der Waals surface area contributed by atoms with Crippen LogP contribution in [0.2, 0.25) is 0 Å². The average molecular weight is 238 g/mol. The highest BCUT2D eigenvalue weighted by molar-refractivity contribution is 7.98. The lowest BCUT2D eigenvalue weighted by Gasteiger charge is -2.13. The Labute approximate surface area is 93.4 Å². The molecule has 72 valence electrons. The quantitative estimate of drug-likeness (QED) is 0.702. The molecule has 0 spiro atoms. The first-order valence-corrected chi connectivity index (χ1v) is 4.21. The summed E-state index contributed by atoms with van der Waals surface area (Å²) in [4.78, 5) is 12.1. The zero-order valence-electron chi connectivity index (χ0n) is 6.65. The Kier molecular flexibility index (Phi) is 5.21. The van der Waals surface area contributed by atoms with Crippen LogP contribution in [0.3, 0.4) is 0 Å². The molecule has 0 saturated heterocycles. The van der Waals surface area contributed by atoms with Crippen molar-refractivity contribution in [1.29, 1.82) is 0 Å². The van der Waals surface area contributed by atoms with Gasteiger partial charge in [0.1, 0.15) is 0 Å². The molecular formula is C8H9Cl2NOS. The normalized spacial score (nSPS) is 13.1. The second-order valence-electron chi connectivity index (χ2n) is 2.41. The number of hydrogen-bond acceptors (Lipinski definition) is 2. The Bertz CT molecular complexity index is 306. The Hall–Kier alpha value is -0.380. The van der Waals surface area contributed by atoms with Crippen molar-refractivity contribution in [2.24, 2.45) is 0 Å². The minimum absolute atomic E-state index is 0. The maximum absolute atomic E-state index is 10.9. The first-order chi connectivity index (χ1) is 5.36. The molecule has 5 heteroatoms. The first-order valence-electron chi connectivity index (χ1n) is 3.40. The van der Waals surface area contributed by atoms with Crippen LogP contribution in [0, 0.1) is 0 Å². The van der Waals surface area contributed by atoms with Crippen LogP contribution < -0.4 is 4.72 Å². The average Bonchev–Trinajstić information content (AvgIpc) is 2.04. The highest BCUT2D eigenvalue weighted by Gasteiger charge is 2.13. The van der Waals surface area contributed by atoms with E-state index in [1.54, 1.807) is 0 Å². The molecule has 1 aromatic carbocycles. The van der Waals surface area contributed by atoms with Crippen molar-refractivity contribution < 1.29 is 4.79 Å². The third-order valence-corrected chi connectivity index (χ3v) is 2.55. The van der Waals surface area contributed by atoms with E-state index < -0.39 is 0 Å². The van der Waals surface area contributed by atoms with Crippen LogP contribution in [-0.2, 0) is 11.2 Å². The predicted octanol–water partition coefficient (Wildman–Crippen LogP) is 2.21. The number of carbonyl (C=O) groups is 1. The van der Waals surface area contributed by atoms with Gasteiger partial charge >= 0.3 is 0 Å². The van der Waals surface area contributed by atoms with Gasteiger partial charge in [-0.15, -0.1) is 24.8 Å². The monoisotopic (exact) mass is 237 g/mol. The van der Waals surface area contributed by atoms with Gasteiger partial charge in [-0.05, 0) is 23.6 Å². The van der Waals surface area contributed by atoms with Gasteiger partial charge in [0.05, 0.1) is 6.42 Å². The number of nitrogens with one attached hydrogen (secondary N) is 1. The molecule has 0 atom stereocenters. The SMILES string of the molecule is Cl.Cl.O=C1Cc2ccccc2SN1. The Morgan fingerprint density at radius 3 is 2.69 bits per heavy atom. The molecule has 0 aromatic heterocycles. The molecular weight excluding hydrogens is 229 g/mol. The third kappa shape index (κ3) is 2.79. The highest BCUT2D eigenvalue weighted by atomic mass is 35.5. The number of fused-ring (bicyclic) bond motifs is 1. The molecule has 1 aliphatic heterocycles. The predicted molar refractivity (Wildman–Crippen MR) is 58.6 cm³/mol. The smallest absolute Gasteiger partial charge is 0.234 e. The van der Waals surface area contributed by atoms with Crippen LogP contribution in [0.5, 0.6) is 0 Å². The third-order valence-electron chi connectivity index (χ3n) is 1.60. The van der Waals surface area contributed by atoms with Crippen LogP contribution >= 0.6 is 36.8 Å². The molecule has 2 nitrogen and oxygen atoms in total. The van der Waals surface area contributed by atoms with Gasteiger partial charge < -0.3 is 0 Å². The van der Waals surface area contributed by atoms with Crippen molar-refractivity contribution in [3.63, 3.8) is 0 Å². The number of benzene rings is 1. The fourth-order valence-corrected chi connectivity index (χ4v) is 1.78. The van der Waals surface area contributed by atoms with E-state index in [1.165, 1.54) is 11.9 Å². The zero-order valence-corrected chi connectivity index (χ0v) is 9.10. The molecule has 0 unspecified atom stereocenters. The molecule has 1 N–H and O–H groups in total. The zero-order chi connectivity index (χ0) is 7.68. The second kappa shape index (κ2) is 5.37. The molecule has 13 heavy (non-hydrogen) atoms. The summed E-state index contributed by atoms with van der Waals surface area (Å²) in [7, 11) is 0. The summed E-state index contributed by atoms with van der Waals surface area (Å²) in [5.74, 6) is 0.0914. The molecule has 0 saturated carbocycles. The maximum atomic E-state index is 10.9. The molecule has 1 heterocycles. The molecule has 0 fully saturated rings. The fourth-order valence-electron chi connectivity index (χ4n) is 1.07. The van der Waals surface area contributed by atoms with E-state index in [9.17, 15) is 4.79 Å². The summed E-state index contributed by atoms with van der Waals surface area (Å²) in [5, 5.41) is 0. The lowest BCUT2D eigenvalue weighted by Crippen LogP contribution is -2.22. The van der Waals surface area contributed by atoms with Gasteiger partial charge in [0.25, 0.3) is 0 Å². The van der Waals surface area contributed by atoms with Gasteiger partial charge in [-0.2, -0.15) is 0 Å². The summed E-state index contributed by atoms with van der Waals surface area (Å²) in [6, 6.07) is 7.93. The summed E-state index contributed by atoms with van der Waals surface area (Å²) < 4.78 is 2.72. The molecule has 1 amide bonds. The van der Waals surface area contributed by atoms with Crippen molar-refractivity contribution in [2.75, 3.05) is 0 Å². The topological polar surface area (TPSA) is 29.1 Å². The highest BCUT2D eigenvalue weighted by Crippen LogP contribution is 2.23. The van der Waals surface area contributed by atoms with Crippen LogP contribution in [0.1, 0.15) is 5.56 Å². The minimum Gasteiger partial charge on any atom is -0.296 e. The van der Waals surface area contributed by atoms with Crippen molar-refractivity contribution in [3.8, 4) is 0 Å². The van der Waals surface area contributed by atoms with Crippen molar-refractivity contribution in [2.45, 2.75) is 11.3 Å². The lowest BCUT2D eigenvalue weighted by molar-refractivity contribution is -0.118. The van der Waals surface area contributed by atoms with Crippen molar-refractivity contribution in [1.82, 2.24) is 4.72 Å². The van der Waals surface area contributed by atoms with E-state index in [1.807, 2.05) is 24.3 Å². The molecule has 1 aliphatic rings. The van der Waals surface area contributed by atoms with Gasteiger partial charge in [-0.1, -0.05) is 18.2 Å². The van der Waals surface area contributed by atoms with Crippen molar-refractivity contribution >= 4 is 42.7 Å². The second-order valence-corrected chi connectivity index (χ2v) is 3.26.